The van der Waals surface area contributed by atoms with E-state index in [4.69, 9.17) is 4.52 Å². The van der Waals surface area contributed by atoms with Crippen molar-refractivity contribution in [3.8, 4) is 11.5 Å². The van der Waals surface area contributed by atoms with Gasteiger partial charge in [-0.25, -0.2) is 4.79 Å². The lowest BCUT2D eigenvalue weighted by atomic mass is 10.1. The SMILES string of the molecule is O=C(O)c1cccnc1CN1CCCC1c1nc(-c2ccccn2)no1. The molecular weight excluding hydrogens is 334 g/mol. The second-order valence-corrected chi connectivity index (χ2v) is 6.10. The van der Waals surface area contributed by atoms with Crippen molar-refractivity contribution in [1.29, 1.82) is 0 Å². The molecule has 0 aromatic carbocycles. The van der Waals surface area contributed by atoms with Crippen molar-refractivity contribution in [2.24, 2.45) is 0 Å². The number of carboxylic acids is 1. The molecule has 1 aliphatic heterocycles. The summed E-state index contributed by atoms with van der Waals surface area (Å²) in [6.07, 6.45) is 5.14. The molecular formula is C18H17N5O3. The quantitative estimate of drug-likeness (QED) is 0.748. The van der Waals surface area contributed by atoms with E-state index in [1.807, 2.05) is 18.2 Å². The number of carboxylic acid groups (broad SMARTS) is 1. The number of rotatable bonds is 5. The predicted octanol–water partition coefficient (Wildman–Crippen LogP) is 2.56. The molecule has 1 aliphatic rings. The second-order valence-electron chi connectivity index (χ2n) is 6.10. The minimum atomic E-state index is -0.973. The first-order chi connectivity index (χ1) is 12.7. The van der Waals surface area contributed by atoms with Crippen LogP contribution in [-0.2, 0) is 6.54 Å². The molecule has 1 N–H and O–H groups in total. The molecule has 26 heavy (non-hydrogen) atoms. The molecule has 8 heteroatoms. The van der Waals surface area contributed by atoms with E-state index in [1.54, 1.807) is 24.5 Å². The maximum atomic E-state index is 11.4. The van der Waals surface area contributed by atoms with Crippen molar-refractivity contribution in [1.82, 2.24) is 25.0 Å². The number of hydrogen-bond acceptors (Lipinski definition) is 7. The van der Waals surface area contributed by atoms with Crippen molar-refractivity contribution in [2.75, 3.05) is 6.54 Å². The molecule has 1 saturated heterocycles. The summed E-state index contributed by atoms with van der Waals surface area (Å²) in [7, 11) is 0. The third-order valence-electron chi connectivity index (χ3n) is 4.46. The zero-order valence-electron chi connectivity index (χ0n) is 13.9. The van der Waals surface area contributed by atoms with Gasteiger partial charge in [0.2, 0.25) is 11.7 Å². The van der Waals surface area contributed by atoms with Crippen LogP contribution >= 0.6 is 0 Å². The molecule has 0 bridgehead atoms. The molecule has 8 nitrogen and oxygen atoms in total. The van der Waals surface area contributed by atoms with Gasteiger partial charge in [0.05, 0.1) is 17.3 Å². The summed E-state index contributed by atoms with van der Waals surface area (Å²) in [5.74, 6) is 0.00606. The van der Waals surface area contributed by atoms with E-state index in [1.165, 1.54) is 0 Å². The van der Waals surface area contributed by atoms with E-state index in [2.05, 4.69) is 25.0 Å². The van der Waals surface area contributed by atoms with E-state index < -0.39 is 5.97 Å². The van der Waals surface area contributed by atoms with Gasteiger partial charge in [-0.3, -0.25) is 14.9 Å². The minimum absolute atomic E-state index is 0.0522. The highest BCUT2D eigenvalue weighted by Gasteiger charge is 2.32. The summed E-state index contributed by atoms with van der Waals surface area (Å²) in [6, 6.07) is 8.68. The third kappa shape index (κ3) is 3.18. The molecule has 1 atom stereocenters. The van der Waals surface area contributed by atoms with Crippen molar-refractivity contribution < 1.29 is 14.4 Å². The van der Waals surface area contributed by atoms with Gasteiger partial charge in [0.15, 0.2) is 0 Å². The van der Waals surface area contributed by atoms with Gasteiger partial charge in [0.25, 0.3) is 0 Å². The van der Waals surface area contributed by atoms with Gasteiger partial charge >= 0.3 is 5.97 Å². The Balaban J connectivity index is 1.56. The van der Waals surface area contributed by atoms with E-state index in [0.717, 1.165) is 19.4 Å². The minimum Gasteiger partial charge on any atom is -0.478 e. The fourth-order valence-corrected chi connectivity index (χ4v) is 3.22. The topological polar surface area (TPSA) is 105 Å². The van der Waals surface area contributed by atoms with Gasteiger partial charge < -0.3 is 9.63 Å². The van der Waals surface area contributed by atoms with Gasteiger partial charge in [-0.05, 0) is 43.7 Å². The molecule has 0 aliphatic carbocycles. The zero-order chi connectivity index (χ0) is 17.9. The number of aromatic nitrogens is 4. The van der Waals surface area contributed by atoms with Crippen LogP contribution in [0.3, 0.4) is 0 Å². The summed E-state index contributed by atoms with van der Waals surface area (Å²) in [6.45, 7) is 1.25. The van der Waals surface area contributed by atoms with Crippen LogP contribution in [0.25, 0.3) is 11.5 Å². The predicted molar refractivity (Wildman–Crippen MR) is 91.1 cm³/mol. The number of aromatic carboxylic acids is 1. The Kier molecular flexibility index (Phi) is 4.40. The van der Waals surface area contributed by atoms with Crippen molar-refractivity contribution in [3.63, 3.8) is 0 Å². The van der Waals surface area contributed by atoms with Crippen molar-refractivity contribution in [2.45, 2.75) is 25.4 Å². The highest BCUT2D eigenvalue weighted by molar-refractivity contribution is 5.88. The molecule has 4 heterocycles. The fourth-order valence-electron chi connectivity index (χ4n) is 3.22. The smallest absolute Gasteiger partial charge is 0.337 e. The number of pyridine rings is 2. The number of hydrogen-bond donors (Lipinski definition) is 1. The van der Waals surface area contributed by atoms with Crippen LogP contribution < -0.4 is 0 Å². The van der Waals surface area contributed by atoms with E-state index in [0.29, 0.717) is 29.6 Å². The van der Waals surface area contributed by atoms with Crippen LogP contribution in [-0.4, -0.2) is 42.6 Å². The summed E-state index contributed by atoms with van der Waals surface area (Å²) in [5, 5.41) is 13.4. The molecule has 1 fully saturated rings. The Morgan fingerprint density at radius 3 is 2.92 bits per heavy atom. The van der Waals surface area contributed by atoms with Crippen LogP contribution in [0.1, 0.15) is 40.8 Å². The van der Waals surface area contributed by atoms with Crippen molar-refractivity contribution in [3.05, 3.63) is 59.9 Å². The van der Waals surface area contributed by atoms with Crippen LogP contribution in [0, 0.1) is 0 Å². The Hall–Kier alpha value is -3.13. The molecule has 0 saturated carbocycles. The summed E-state index contributed by atoms with van der Waals surface area (Å²) < 4.78 is 5.47. The molecule has 0 amide bonds. The Morgan fingerprint density at radius 2 is 2.12 bits per heavy atom. The number of likely N-dealkylation sites (tertiary alicyclic amines) is 1. The van der Waals surface area contributed by atoms with Crippen LogP contribution in [0.15, 0.2) is 47.2 Å². The molecule has 0 radical (unpaired) electrons. The van der Waals surface area contributed by atoms with Gasteiger partial charge in [-0.15, -0.1) is 0 Å². The highest BCUT2D eigenvalue weighted by atomic mass is 16.5. The van der Waals surface area contributed by atoms with E-state index >= 15 is 0 Å². The molecule has 4 rings (SSSR count). The highest BCUT2D eigenvalue weighted by Crippen LogP contribution is 2.33. The first-order valence-electron chi connectivity index (χ1n) is 8.38. The molecule has 0 spiro atoms. The average Bonchev–Trinajstić information content (AvgIpc) is 3.32. The molecule has 3 aromatic rings. The standard InChI is InChI=1S/C18H17N5O3/c24-18(25)12-5-3-9-20-14(12)11-23-10-4-7-15(23)17-21-16(22-26-17)13-6-1-2-8-19-13/h1-3,5-6,8-9,15H,4,7,10-11H2,(H,24,25). The monoisotopic (exact) mass is 351 g/mol. The van der Waals surface area contributed by atoms with E-state index in [9.17, 15) is 9.90 Å². The van der Waals surface area contributed by atoms with Gasteiger partial charge in [-0.2, -0.15) is 4.98 Å². The fraction of sp³-hybridized carbons (Fsp3) is 0.278. The normalized spacial score (nSPS) is 17.5. The summed E-state index contributed by atoms with van der Waals surface area (Å²) >= 11 is 0. The van der Waals surface area contributed by atoms with Crippen LogP contribution in [0.5, 0.6) is 0 Å². The van der Waals surface area contributed by atoms with Gasteiger partial charge in [0.1, 0.15) is 5.69 Å². The van der Waals surface area contributed by atoms with Crippen LogP contribution in [0.2, 0.25) is 0 Å². The zero-order valence-corrected chi connectivity index (χ0v) is 13.9. The van der Waals surface area contributed by atoms with Gasteiger partial charge in [0, 0.05) is 18.9 Å². The lowest BCUT2D eigenvalue weighted by molar-refractivity contribution is 0.0693. The average molecular weight is 351 g/mol. The lowest BCUT2D eigenvalue weighted by Crippen LogP contribution is -2.24. The largest absolute Gasteiger partial charge is 0.478 e. The van der Waals surface area contributed by atoms with Crippen molar-refractivity contribution >= 4 is 5.97 Å². The maximum Gasteiger partial charge on any atom is 0.337 e. The first kappa shape index (κ1) is 16.3. The Bertz CT molecular complexity index is 912. The number of carbonyl (C=O) groups is 1. The summed E-state index contributed by atoms with van der Waals surface area (Å²) in [5.41, 5.74) is 1.42. The van der Waals surface area contributed by atoms with Gasteiger partial charge in [-0.1, -0.05) is 11.2 Å². The molecule has 3 aromatic heterocycles. The molecule has 1 unspecified atom stereocenters. The third-order valence-corrected chi connectivity index (χ3v) is 4.46. The van der Waals surface area contributed by atoms with E-state index in [-0.39, 0.29) is 11.6 Å². The lowest BCUT2D eigenvalue weighted by Gasteiger charge is -2.21. The summed E-state index contributed by atoms with van der Waals surface area (Å²) in [4.78, 5) is 26.5. The molecule has 132 valence electrons. The first-order valence-corrected chi connectivity index (χ1v) is 8.38. The maximum absolute atomic E-state index is 11.4. The number of nitrogens with zero attached hydrogens (tertiary/aromatic N) is 5. The Morgan fingerprint density at radius 1 is 1.23 bits per heavy atom. The van der Waals surface area contributed by atoms with Crippen LogP contribution in [0.4, 0.5) is 0 Å². The Labute approximate surface area is 149 Å². The second kappa shape index (κ2) is 7.01.